The summed E-state index contributed by atoms with van der Waals surface area (Å²) in [7, 11) is 0. The third-order valence-corrected chi connectivity index (χ3v) is 3.42. The van der Waals surface area contributed by atoms with Crippen molar-refractivity contribution in [2.75, 3.05) is 0 Å². The smallest absolute Gasteiger partial charge is 0.253 e. The van der Waals surface area contributed by atoms with E-state index in [4.69, 9.17) is 0 Å². The van der Waals surface area contributed by atoms with Crippen molar-refractivity contribution in [3.8, 4) is 0 Å². The van der Waals surface area contributed by atoms with Gasteiger partial charge in [0.2, 0.25) is 0 Å². The standard InChI is InChI=1S/C17H16F3N/c1-11-8-9-14(10-12(11)2)13(3)21-16-7-5-4-6-15(16)17(18,19)20/h4-10H,1-3H3. The summed E-state index contributed by atoms with van der Waals surface area (Å²) in [5.74, 6) is 0. The highest BCUT2D eigenvalue weighted by molar-refractivity contribution is 6.00. The van der Waals surface area contributed by atoms with E-state index in [0.717, 1.165) is 22.8 Å². The Morgan fingerprint density at radius 1 is 0.952 bits per heavy atom. The van der Waals surface area contributed by atoms with Crippen LogP contribution in [0.5, 0.6) is 0 Å². The maximum atomic E-state index is 12.9. The topological polar surface area (TPSA) is 12.4 Å². The molecule has 2 aromatic carbocycles. The van der Waals surface area contributed by atoms with Crippen LogP contribution in [-0.2, 0) is 6.18 Å². The molecular formula is C17H16F3N. The van der Waals surface area contributed by atoms with E-state index < -0.39 is 11.7 Å². The Hall–Kier alpha value is -2.10. The first kappa shape index (κ1) is 15.3. The molecule has 0 heterocycles. The highest BCUT2D eigenvalue weighted by atomic mass is 19.4. The van der Waals surface area contributed by atoms with Gasteiger partial charge in [-0.1, -0.05) is 24.3 Å². The minimum Gasteiger partial charge on any atom is -0.253 e. The predicted molar refractivity (Wildman–Crippen MR) is 79.2 cm³/mol. The lowest BCUT2D eigenvalue weighted by molar-refractivity contribution is -0.137. The van der Waals surface area contributed by atoms with Gasteiger partial charge in [0.1, 0.15) is 0 Å². The molecular weight excluding hydrogens is 275 g/mol. The van der Waals surface area contributed by atoms with Crippen molar-refractivity contribution in [1.29, 1.82) is 0 Å². The molecule has 0 aliphatic heterocycles. The zero-order chi connectivity index (χ0) is 15.6. The van der Waals surface area contributed by atoms with Gasteiger partial charge in [0, 0.05) is 5.71 Å². The largest absolute Gasteiger partial charge is 0.418 e. The second-order valence-corrected chi connectivity index (χ2v) is 5.01. The molecule has 0 atom stereocenters. The summed E-state index contributed by atoms with van der Waals surface area (Å²) < 4.78 is 38.8. The Bertz CT molecular complexity index is 685. The summed E-state index contributed by atoms with van der Waals surface area (Å²) in [4.78, 5) is 4.16. The summed E-state index contributed by atoms with van der Waals surface area (Å²) in [6, 6.07) is 11.1. The van der Waals surface area contributed by atoms with E-state index in [0.29, 0.717) is 5.71 Å². The Labute approximate surface area is 122 Å². The molecule has 0 aliphatic carbocycles. The van der Waals surface area contributed by atoms with Crippen LogP contribution >= 0.6 is 0 Å². The van der Waals surface area contributed by atoms with Crippen molar-refractivity contribution in [3.05, 3.63) is 64.7 Å². The van der Waals surface area contributed by atoms with Crippen LogP contribution < -0.4 is 0 Å². The van der Waals surface area contributed by atoms with Gasteiger partial charge in [-0.3, -0.25) is 4.99 Å². The number of nitrogens with zero attached hydrogens (tertiary/aromatic N) is 1. The summed E-state index contributed by atoms with van der Waals surface area (Å²) in [6.45, 7) is 5.68. The number of para-hydroxylation sites is 1. The molecule has 110 valence electrons. The zero-order valence-electron chi connectivity index (χ0n) is 12.1. The Morgan fingerprint density at radius 3 is 2.24 bits per heavy atom. The molecule has 21 heavy (non-hydrogen) atoms. The molecule has 2 aromatic rings. The fraction of sp³-hybridized carbons (Fsp3) is 0.235. The number of benzene rings is 2. The van der Waals surface area contributed by atoms with Crippen molar-refractivity contribution >= 4 is 11.4 Å². The molecule has 0 amide bonds. The van der Waals surface area contributed by atoms with Crippen molar-refractivity contribution in [2.24, 2.45) is 4.99 Å². The molecule has 0 fully saturated rings. The summed E-state index contributed by atoms with van der Waals surface area (Å²) >= 11 is 0. The zero-order valence-corrected chi connectivity index (χ0v) is 12.1. The number of hydrogen-bond donors (Lipinski definition) is 0. The maximum absolute atomic E-state index is 12.9. The Kier molecular flexibility index (Phi) is 4.16. The second-order valence-electron chi connectivity index (χ2n) is 5.01. The normalized spacial score (nSPS) is 12.6. The SMILES string of the molecule is CC(=Nc1ccccc1C(F)(F)F)c1ccc(C)c(C)c1. The molecule has 2 rings (SSSR count). The number of aryl methyl sites for hydroxylation is 2. The third kappa shape index (κ3) is 3.51. The highest BCUT2D eigenvalue weighted by Crippen LogP contribution is 2.36. The van der Waals surface area contributed by atoms with Gasteiger partial charge in [0.25, 0.3) is 0 Å². The van der Waals surface area contributed by atoms with Gasteiger partial charge in [-0.2, -0.15) is 13.2 Å². The van der Waals surface area contributed by atoms with E-state index in [9.17, 15) is 13.2 Å². The van der Waals surface area contributed by atoms with Gasteiger partial charge in [-0.25, -0.2) is 0 Å². The van der Waals surface area contributed by atoms with Gasteiger partial charge in [0.05, 0.1) is 11.3 Å². The number of alkyl halides is 3. The molecule has 0 aliphatic rings. The average molecular weight is 291 g/mol. The molecule has 0 bridgehead atoms. The monoisotopic (exact) mass is 291 g/mol. The van der Waals surface area contributed by atoms with Gasteiger partial charge >= 0.3 is 6.18 Å². The van der Waals surface area contributed by atoms with E-state index in [-0.39, 0.29) is 5.69 Å². The van der Waals surface area contributed by atoms with Crippen LogP contribution in [0.15, 0.2) is 47.5 Å². The van der Waals surface area contributed by atoms with Crippen LogP contribution in [0.25, 0.3) is 0 Å². The molecule has 0 saturated heterocycles. The average Bonchev–Trinajstić information content (AvgIpc) is 2.41. The fourth-order valence-corrected chi connectivity index (χ4v) is 2.02. The summed E-state index contributed by atoms with van der Waals surface area (Å²) in [6.07, 6.45) is -4.40. The van der Waals surface area contributed by atoms with E-state index in [1.807, 2.05) is 32.0 Å². The number of hydrogen-bond acceptors (Lipinski definition) is 1. The van der Waals surface area contributed by atoms with Gasteiger partial charge in [-0.05, 0) is 55.7 Å². The minimum atomic E-state index is -4.40. The number of aliphatic imine (C=N–C) groups is 1. The van der Waals surface area contributed by atoms with Gasteiger partial charge in [-0.15, -0.1) is 0 Å². The molecule has 0 spiro atoms. The van der Waals surface area contributed by atoms with Crippen LogP contribution in [0.4, 0.5) is 18.9 Å². The Morgan fingerprint density at radius 2 is 1.62 bits per heavy atom. The van der Waals surface area contributed by atoms with E-state index in [1.54, 1.807) is 13.0 Å². The molecule has 0 saturated carbocycles. The van der Waals surface area contributed by atoms with Crippen molar-refractivity contribution in [3.63, 3.8) is 0 Å². The minimum absolute atomic E-state index is 0.0549. The number of rotatable bonds is 2. The van der Waals surface area contributed by atoms with E-state index in [2.05, 4.69) is 4.99 Å². The van der Waals surface area contributed by atoms with Crippen molar-refractivity contribution < 1.29 is 13.2 Å². The molecule has 4 heteroatoms. The number of halogens is 3. The highest BCUT2D eigenvalue weighted by Gasteiger charge is 2.33. The first-order valence-electron chi connectivity index (χ1n) is 6.58. The molecule has 1 nitrogen and oxygen atoms in total. The van der Waals surface area contributed by atoms with Gasteiger partial charge < -0.3 is 0 Å². The summed E-state index contributed by atoms with van der Waals surface area (Å²) in [5.41, 5.74) is 2.85. The van der Waals surface area contributed by atoms with Crippen molar-refractivity contribution in [2.45, 2.75) is 26.9 Å². The lowest BCUT2D eigenvalue weighted by atomic mass is 10.0. The van der Waals surface area contributed by atoms with E-state index >= 15 is 0 Å². The fourth-order valence-electron chi connectivity index (χ4n) is 2.02. The lowest BCUT2D eigenvalue weighted by Gasteiger charge is -2.11. The lowest BCUT2D eigenvalue weighted by Crippen LogP contribution is -2.05. The molecule has 0 N–H and O–H groups in total. The van der Waals surface area contributed by atoms with Gasteiger partial charge in [0.15, 0.2) is 0 Å². The molecule has 0 aromatic heterocycles. The van der Waals surface area contributed by atoms with E-state index in [1.165, 1.54) is 12.1 Å². The van der Waals surface area contributed by atoms with Crippen LogP contribution in [0, 0.1) is 13.8 Å². The quantitative estimate of drug-likeness (QED) is 0.651. The maximum Gasteiger partial charge on any atom is 0.418 e. The van der Waals surface area contributed by atoms with Crippen LogP contribution in [0.2, 0.25) is 0 Å². The van der Waals surface area contributed by atoms with Crippen LogP contribution in [-0.4, -0.2) is 5.71 Å². The first-order valence-corrected chi connectivity index (χ1v) is 6.58. The van der Waals surface area contributed by atoms with Crippen molar-refractivity contribution in [1.82, 2.24) is 0 Å². The summed E-state index contributed by atoms with van der Waals surface area (Å²) in [5, 5.41) is 0. The van der Waals surface area contributed by atoms with Crippen LogP contribution in [0.1, 0.15) is 29.2 Å². The molecule has 0 unspecified atom stereocenters. The molecule has 0 radical (unpaired) electrons. The third-order valence-electron chi connectivity index (χ3n) is 3.42. The Balaban J connectivity index is 2.46. The van der Waals surface area contributed by atoms with Crippen LogP contribution in [0.3, 0.4) is 0 Å². The predicted octanol–water partition coefficient (Wildman–Crippen LogP) is 5.46. The first-order chi connectivity index (χ1) is 9.79. The second kappa shape index (κ2) is 5.72.